The number of methoxy groups -OCH3 is 1. The van der Waals surface area contributed by atoms with Crippen molar-refractivity contribution in [2.24, 2.45) is 0 Å². The molecule has 1 fully saturated rings. The van der Waals surface area contributed by atoms with E-state index in [1.807, 2.05) is 48.5 Å². The highest BCUT2D eigenvalue weighted by Gasteiger charge is 2.21. The molecule has 156 valence electrons. The van der Waals surface area contributed by atoms with E-state index in [-0.39, 0.29) is 5.82 Å². The lowest BCUT2D eigenvalue weighted by atomic mass is 10.1. The van der Waals surface area contributed by atoms with Crippen LogP contribution in [0.2, 0.25) is 0 Å². The van der Waals surface area contributed by atoms with Crippen molar-refractivity contribution in [2.75, 3.05) is 43.1 Å². The molecular weight excluding hydrogens is 393 g/mol. The van der Waals surface area contributed by atoms with Crippen LogP contribution in [-0.4, -0.2) is 48.2 Å². The van der Waals surface area contributed by atoms with Crippen molar-refractivity contribution in [1.29, 1.82) is 0 Å². The van der Waals surface area contributed by atoms with E-state index in [0.717, 1.165) is 59.9 Å². The molecule has 0 atom stereocenters. The Hall–Kier alpha value is -3.74. The summed E-state index contributed by atoms with van der Waals surface area (Å²) in [6.45, 7) is 3.19. The number of nitrogens with zero attached hydrogens (tertiary/aromatic N) is 5. The van der Waals surface area contributed by atoms with Gasteiger partial charge in [0, 0.05) is 43.6 Å². The molecule has 0 aliphatic carbocycles. The number of hydrogen-bond acceptors (Lipinski definition) is 6. The van der Waals surface area contributed by atoms with Crippen LogP contribution in [-0.2, 0) is 0 Å². The van der Waals surface area contributed by atoms with Crippen LogP contribution in [0.4, 0.5) is 16.0 Å². The molecule has 0 radical (unpaired) electrons. The minimum atomic E-state index is -0.217. The smallest absolute Gasteiger partial charge is 0.226 e. The summed E-state index contributed by atoms with van der Waals surface area (Å²) in [7, 11) is 1.65. The Morgan fingerprint density at radius 1 is 0.871 bits per heavy atom. The van der Waals surface area contributed by atoms with Crippen molar-refractivity contribution in [3.05, 3.63) is 72.7 Å². The molecule has 0 spiro atoms. The predicted molar refractivity (Wildman–Crippen MR) is 120 cm³/mol. The first kappa shape index (κ1) is 19.2. The van der Waals surface area contributed by atoms with Gasteiger partial charge in [-0.15, -0.1) is 0 Å². The zero-order chi connectivity index (χ0) is 21.2. The average molecular weight is 415 g/mol. The normalized spacial score (nSPS) is 14.1. The quantitative estimate of drug-likeness (QED) is 0.499. The summed E-state index contributed by atoms with van der Waals surface area (Å²) in [5.74, 6) is 1.25. The summed E-state index contributed by atoms with van der Waals surface area (Å²) in [4.78, 5) is 18.7. The fourth-order valence-electron chi connectivity index (χ4n) is 3.88. The lowest BCUT2D eigenvalue weighted by Crippen LogP contribution is -2.47. The largest absolute Gasteiger partial charge is 0.497 e. The number of piperazine rings is 1. The molecule has 2 aromatic heterocycles. The maximum absolute atomic E-state index is 13.2. The Labute approximate surface area is 180 Å². The van der Waals surface area contributed by atoms with Crippen molar-refractivity contribution in [3.63, 3.8) is 0 Å². The number of anilines is 2. The minimum Gasteiger partial charge on any atom is -0.497 e. The van der Waals surface area contributed by atoms with Gasteiger partial charge in [0.05, 0.1) is 12.6 Å². The molecule has 3 heterocycles. The first-order chi connectivity index (χ1) is 15.2. The van der Waals surface area contributed by atoms with Crippen LogP contribution < -0.4 is 14.5 Å². The molecule has 0 unspecified atom stereocenters. The fourth-order valence-corrected chi connectivity index (χ4v) is 3.88. The van der Waals surface area contributed by atoms with Crippen LogP contribution in [0.25, 0.3) is 22.3 Å². The predicted octanol–water partition coefficient (Wildman–Crippen LogP) is 4.17. The van der Waals surface area contributed by atoms with E-state index in [2.05, 4.69) is 14.8 Å². The fraction of sp³-hybridized carbons (Fsp3) is 0.208. The molecule has 1 saturated heterocycles. The van der Waals surface area contributed by atoms with E-state index in [9.17, 15) is 4.39 Å². The number of benzene rings is 2. The molecule has 6 nitrogen and oxygen atoms in total. The molecule has 7 heteroatoms. The van der Waals surface area contributed by atoms with Crippen molar-refractivity contribution < 1.29 is 9.13 Å². The van der Waals surface area contributed by atoms with Crippen LogP contribution in [0.15, 0.2) is 66.9 Å². The molecule has 31 heavy (non-hydrogen) atoms. The summed E-state index contributed by atoms with van der Waals surface area (Å²) < 4.78 is 18.6. The first-order valence-corrected chi connectivity index (χ1v) is 10.2. The molecule has 1 aliphatic rings. The van der Waals surface area contributed by atoms with Gasteiger partial charge < -0.3 is 14.5 Å². The number of halogens is 1. The zero-order valence-electron chi connectivity index (χ0n) is 17.2. The van der Waals surface area contributed by atoms with Gasteiger partial charge in [-0.2, -0.15) is 0 Å². The second-order valence-corrected chi connectivity index (χ2v) is 7.43. The molecule has 0 N–H and O–H groups in total. The van der Waals surface area contributed by atoms with Crippen molar-refractivity contribution in [3.8, 4) is 17.0 Å². The second-order valence-electron chi connectivity index (χ2n) is 7.43. The van der Waals surface area contributed by atoms with Crippen LogP contribution in [0, 0.1) is 5.82 Å². The number of hydrogen-bond donors (Lipinski definition) is 0. The summed E-state index contributed by atoms with van der Waals surface area (Å²) in [5, 5.41) is 0. The van der Waals surface area contributed by atoms with E-state index in [1.165, 1.54) is 12.1 Å². The van der Waals surface area contributed by atoms with Crippen molar-refractivity contribution in [1.82, 2.24) is 15.0 Å². The Balaban J connectivity index is 1.46. The van der Waals surface area contributed by atoms with Crippen molar-refractivity contribution >= 4 is 22.7 Å². The lowest BCUT2D eigenvalue weighted by molar-refractivity contribution is 0.415. The van der Waals surface area contributed by atoms with Gasteiger partial charge in [0.15, 0.2) is 0 Å². The first-order valence-electron chi connectivity index (χ1n) is 10.2. The molecule has 5 rings (SSSR count). The summed E-state index contributed by atoms with van der Waals surface area (Å²) >= 11 is 0. The molecule has 0 saturated carbocycles. The van der Waals surface area contributed by atoms with Gasteiger partial charge in [0.1, 0.15) is 22.8 Å². The Morgan fingerprint density at radius 3 is 2.42 bits per heavy atom. The van der Waals surface area contributed by atoms with Gasteiger partial charge in [-0.05, 0) is 48.5 Å². The molecule has 1 aliphatic heterocycles. The zero-order valence-corrected chi connectivity index (χ0v) is 17.2. The molecular formula is C24H22FN5O. The molecule has 0 amide bonds. The van der Waals surface area contributed by atoms with E-state index in [1.54, 1.807) is 13.3 Å². The highest BCUT2D eigenvalue weighted by molar-refractivity contribution is 5.90. The van der Waals surface area contributed by atoms with E-state index in [0.29, 0.717) is 5.95 Å². The number of ether oxygens (including phenoxy) is 1. The average Bonchev–Trinajstić information content (AvgIpc) is 2.84. The Bertz CT molecular complexity index is 1210. The highest BCUT2D eigenvalue weighted by atomic mass is 19.1. The summed E-state index contributed by atoms with van der Waals surface area (Å²) in [5.41, 5.74) is 4.34. The van der Waals surface area contributed by atoms with E-state index < -0.39 is 0 Å². The van der Waals surface area contributed by atoms with Gasteiger partial charge in [-0.3, -0.25) is 4.98 Å². The van der Waals surface area contributed by atoms with Crippen LogP contribution in [0.5, 0.6) is 5.75 Å². The monoisotopic (exact) mass is 415 g/mol. The SMILES string of the molecule is COc1cccc(-c2nc(N3CCN(c4ccc(F)cc4)CC3)nc3cccnc23)c1. The van der Waals surface area contributed by atoms with E-state index >= 15 is 0 Å². The number of aromatic nitrogens is 3. The standard InChI is InChI=1S/C24H22FN5O/c1-31-20-5-2-4-17(16-20)22-23-21(6-3-11-26-23)27-24(28-22)30-14-12-29(13-15-30)19-9-7-18(25)8-10-19/h2-11,16H,12-15H2,1H3. The Kier molecular flexibility index (Phi) is 5.08. The van der Waals surface area contributed by atoms with Gasteiger partial charge in [0.2, 0.25) is 5.95 Å². The van der Waals surface area contributed by atoms with Crippen LogP contribution in [0.3, 0.4) is 0 Å². The third-order valence-electron chi connectivity index (χ3n) is 5.54. The molecule has 0 bridgehead atoms. The second kappa shape index (κ2) is 8.18. The topological polar surface area (TPSA) is 54.4 Å². The molecule has 4 aromatic rings. The van der Waals surface area contributed by atoms with Crippen LogP contribution >= 0.6 is 0 Å². The number of pyridine rings is 1. The van der Waals surface area contributed by atoms with Crippen LogP contribution in [0.1, 0.15) is 0 Å². The van der Waals surface area contributed by atoms with Gasteiger partial charge in [-0.1, -0.05) is 12.1 Å². The third kappa shape index (κ3) is 3.86. The highest BCUT2D eigenvalue weighted by Crippen LogP contribution is 2.29. The lowest BCUT2D eigenvalue weighted by Gasteiger charge is -2.36. The Morgan fingerprint density at radius 2 is 1.65 bits per heavy atom. The van der Waals surface area contributed by atoms with E-state index in [4.69, 9.17) is 14.7 Å². The maximum atomic E-state index is 13.2. The summed E-state index contributed by atoms with van der Waals surface area (Å²) in [6.07, 6.45) is 1.76. The number of fused-ring (bicyclic) bond motifs is 1. The van der Waals surface area contributed by atoms with Gasteiger partial charge in [0.25, 0.3) is 0 Å². The van der Waals surface area contributed by atoms with Crippen molar-refractivity contribution in [2.45, 2.75) is 0 Å². The van der Waals surface area contributed by atoms with Gasteiger partial charge >= 0.3 is 0 Å². The van der Waals surface area contributed by atoms with Gasteiger partial charge in [-0.25, -0.2) is 14.4 Å². The third-order valence-corrected chi connectivity index (χ3v) is 5.54. The molecule has 2 aromatic carbocycles. The minimum absolute atomic E-state index is 0.217. The maximum Gasteiger partial charge on any atom is 0.226 e. The number of rotatable bonds is 4. The summed E-state index contributed by atoms with van der Waals surface area (Å²) in [6, 6.07) is 18.3.